The zero-order chi connectivity index (χ0) is 54.9. The number of esters is 2. The van der Waals surface area contributed by atoms with Crippen molar-refractivity contribution in [3.05, 3.63) is 109 Å². The summed E-state index contributed by atoms with van der Waals surface area (Å²) in [4.78, 5) is 37.7. The van der Waals surface area contributed by atoms with Gasteiger partial charge >= 0.3 is 11.9 Å². The van der Waals surface area contributed by atoms with Crippen LogP contribution in [0.4, 0.5) is 0 Å². The van der Waals surface area contributed by atoms with Crippen LogP contribution in [0.5, 0.6) is 0 Å². The number of hydrogen-bond donors (Lipinski definition) is 0. The zero-order valence-corrected chi connectivity index (χ0v) is 49.6. The number of rotatable bonds is 54. The highest BCUT2D eigenvalue weighted by Crippen LogP contribution is 2.38. The molecule has 0 saturated carbocycles. The van der Waals surface area contributed by atoms with Crippen molar-refractivity contribution in [2.45, 2.75) is 245 Å². The second-order valence-corrected chi connectivity index (χ2v) is 22.4. The summed E-state index contributed by atoms with van der Waals surface area (Å²) >= 11 is 0. The molecule has 10 heteroatoms. The van der Waals surface area contributed by atoms with Gasteiger partial charge in [0.25, 0.3) is 7.82 Å². The van der Waals surface area contributed by atoms with Crippen molar-refractivity contribution in [1.82, 2.24) is 0 Å². The van der Waals surface area contributed by atoms with E-state index >= 15 is 0 Å². The van der Waals surface area contributed by atoms with Gasteiger partial charge in [-0.3, -0.25) is 14.2 Å². The third-order valence-corrected chi connectivity index (χ3v) is 13.5. The Hall–Kier alpha value is -3.33. The van der Waals surface area contributed by atoms with Crippen molar-refractivity contribution >= 4 is 19.8 Å². The van der Waals surface area contributed by atoms with Gasteiger partial charge in [-0.05, 0) is 83.5 Å². The molecule has 0 spiro atoms. The number of carbonyl (C=O) groups excluding carboxylic acids is 2. The van der Waals surface area contributed by atoms with Gasteiger partial charge in [-0.25, -0.2) is 0 Å². The van der Waals surface area contributed by atoms with Gasteiger partial charge in [0, 0.05) is 12.8 Å². The fourth-order valence-electron chi connectivity index (χ4n) is 7.94. The minimum absolute atomic E-state index is 0.0332. The molecule has 0 aromatic heterocycles. The third-order valence-electron chi connectivity index (χ3n) is 12.6. The van der Waals surface area contributed by atoms with Gasteiger partial charge in [0.05, 0.1) is 27.7 Å². The molecular weight excluding hydrogens is 954 g/mol. The number of phosphoric ester groups is 1. The van der Waals surface area contributed by atoms with Crippen molar-refractivity contribution in [3.63, 3.8) is 0 Å². The summed E-state index contributed by atoms with van der Waals surface area (Å²) in [7, 11) is 1.16. The highest BCUT2D eigenvalue weighted by atomic mass is 31.2. The van der Waals surface area contributed by atoms with E-state index in [2.05, 4.69) is 123 Å². The Balaban J connectivity index is 3.98. The molecule has 0 aliphatic carbocycles. The van der Waals surface area contributed by atoms with Gasteiger partial charge in [0.1, 0.15) is 19.8 Å². The van der Waals surface area contributed by atoms with Crippen LogP contribution in [0.1, 0.15) is 239 Å². The third kappa shape index (κ3) is 59.8. The molecule has 0 rings (SSSR count). The number of phosphoric acid groups is 1. The Kier molecular flexibility index (Phi) is 53.0. The van der Waals surface area contributed by atoms with Crippen molar-refractivity contribution < 1.29 is 42.1 Å². The summed E-state index contributed by atoms with van der Waals surface area (Å²) in [5.41, 5.74) is 0. The van der Waals surface area contributed by atoms with Crippen LogP contribution in [-0.2, 0) is 32.7 Å². The Morgan fingerprint density at radius 2 is 0.760 bits per heavy atom. The predicted octanol–water partition coefficient (Wildman–Crippen LogP) is 18.3. The first-order valence-corrected chi connectivity index (χ1v) is 31.6. The standard InChI is InChI=1S/C65H112NO8P/c1-6-8-10-12-14-16-18-19-20-21-22-23-24-25-26-27-28-29-30-31-32-33-34-35-36-37-38-39-40-41-42-43-44-45-46-47-48-50-52-54-56-58-65(68)74-63(62-73-75(69,70)72-60-59-66(3,4)5)61-71-64(67)57-55-53-51-49-17-15-13-11-9-7-2/h8,10,14,16,19-20,22-23,25-26,28-29,31-32,34-35,37-38,63H,6-7,9,11-13,15,17-18,21,24,27,30,33,36,39-62H2,1-5H3/b10-8-,16-14-,20-19-,23-22-,26-25-,29-28-,32-31-,35-34-,38-37-. The first kappa shape index (κ1) is 71.7. The molecule has 0 aromatic rings. The zero-order valence-electron chi connectivity index (χ0n) is 48.7. The van der Waals surface area contributed by atoms with Gasteiger partial charge in [0.2, 0.25) is 0 Å². The van der Waals surface area contributed by atoms with Crippen LogP contribution in [0.2, 0.25) is 0 Å². The molecule has 430 valence electrons. The van der Waals surface area contributed by atoms with Crippen LogP contribution in [0.15, 0.2) is 109 Å². The molecule has 2 unspecified atom stereocenters. The number of hydrogen-bond acceptors (Lipinski definition) is 8. The van der Waals surface area contributed by atoms with E-state index < -0.39 is 26.5 Å². The summed E-state index contributed by atoms with van der Waals surface area (Å²) in [6, 6.07) is 0. The number of likely N-dealkylation sites (N-methyl/N-ethyl adjacent to an activating group) is 1. The second-order valence-electron chi connectivity index (χ2n) is 21.0. The Morgan fingerprint density at radius 3 is 1.13 bits per heavy atom. The van der Waals surface area contributed by atoms with E-state index in [1.54, 1.807) is 0 Å². The monoisotopic (exact) mass is 1070 g/mol. The van der Waals surface area contributed by atoms with Crippen molar-refractivity contribution in [2.24, 2.45) is 0 Å². The summed E-state index contributed by atoms with van der Waals surface area (Å²) in [5.74, 6) is -0.837. The highest BCUT2D eigenvalue weighted by Gasteiger charge is 2.22. The number of nitrogens with zero attached hydrogens (tertiary/aromatic N) is 1. The first-order chi connectivity index (χ1) is 36.5. The fraction of sp³-hybridized carbons (Fsp3) is 0.692. The Morgan fingerprint density at radius 1 is 0.427 bits per heavy atom. The number of allylic oxidation sites excluding steroid dienone is 18. The summed E-state index contributed by atoms with van der Waals surface area (Å²) in [6.07, 6.45) is 77.3. The van der Waals surface area contributed by atoms with Crippen LogP contribution in [0.25, 0.3) is 0 Å². The SMILES string of the molecule is CC/C=C\C/C=C\C/C=C\C/C=C\C/C=C\C/C=C\C/C=C\C/C=C\C/C=C\CCCCCCCCCCCCCCCC(=O)OC(COC(=O)CCCCCCCCCCCC)COP(=O)([O-])OCC[N+](C)(C)C. The first-order valence-electron chi connectivity index (χ1n) is 30.1. The molecule has 0 aromatic carbocycles. The molecule has 0 bridgehead atoms. The summed E-state index contributed by atoms with van der Waals surface area (Å²) in [6.45, 7) is 4.10. The maximum Gasteiger partial charge on any atom is 0.306 e. The number of quaternary nitrogens is 1. The van der Waals surface area contributed by atoms with Gasteiger partial charge < -0.3 is 27.9 Å². The molecule has 0 fully saturated rings. The minimum atomic E-state index is -4.63. The minimum Gasteiger partial charge on any atom is -0.756 e. The summed E-state index contributed by atoms with van der Waals surface area (Å²) < 4.78 is 34.0. The molecule has 0 amide bonds. The molecule has 9 nitrogen and oxygen atoms in total. The largest absolute Gasteiger partial charge is 0.756 e. The number of ether oxygens (including phenoxy) is 2. The average Bonchev–Trinajstić information content (AvgIpc) is 3.37. The maximum atomic E-state index is 12.8. The molecule has 0 N–H and O–H groups in total. The van der Waals surface area contributed by atoms with Crippen LogP contribution < -0.4 is 4.89 Å². The quantitative estimate of drug-likeness (QED) is 0.0195. The predicted molar refractivity (Wildman–Crippen MR) is 318 cm³/mol. The lowest BCUT2D eigenvalue weighted by molar-refractivity contribution is -0.870. The molecule has 0 aliphatic rings. The van der Waals surface area contributed by atoms with Crippen molar-refractivity contribution in [2.75, 3.05) is 47.5 Å². The number of unbranched alkanes of at least 4 members (excludes halogenated alkanes) is 22. The lowest BCUT2D eigenvalue weighted by Crippen LogP contribution is -2.37. The van der Waals surface area contributed by atoms with Crippen LogP contribution in [-0.4, -0.2) is 70.0 Å². The molecule has 0 heterocycles. The van der Waals surface area contributed by atoms with Crippen molar-refractivity contribution in [3.8, 4) is 0 Å². The topological polar surface area (TPSA) is 111 Å². The average molecular weight is 1070 g/mol. The molecular formula is C65H112NO8P. The lowest BCUT2D eigenvalue weighted by Gasteiger charge is -2.28. The normalized spacial score (nSPS) is 14.1. The van der Waals surface area contributed by atoms with Crippen LogP contribution >= 0.6 is 7.82 Å². The lowest BCUT2D eigenvalue weighted by atomic mass is 10.0. The van der Waals surface area contributed by atoms with Gasteiger partial charge in [-0.2, -0.15) is 0 Å². The van der Waals surface area contributed by atoms with E-state index in [-0.39, 0.29) is 32.0 Å². The Labute approximate surface area is 461 Å². The van der Waals surface area contributed by atoms with Crippen LogP contribution in [0.3, 0.4) is 0 Å². The van der Waals surface area contributed by atoms with E-state index in [0.29, 0.717) is 17.4 Å². The second kappa shape index (κ2) is 55.4. The van der Waals surface area contributed by atoms with Gasteiger partial charge in [0.15, 0.2) is 6.10 Å². The highest BCUT2D eigenvalue weighted by molar-refractivity contribution is 7.45. The molecule has 2 atom stereocenters. The fourth-order valence-corrected chi connectivity index (χ4v) is 8.67. The Bertz CT molecular complexity index is 1630. The van der Waals surface area contributed by atoms with E-state index in [0.717, 1.165) is 96.3 Å². The van der Waals surface area contributed by atoms with E-state index in [9.17, 15) is 19.0 Å². The van der Waals surface area contributed by atoms with Crippen molar-refractivity contribution in [1.29, 1.82) is 0 Å². The van der Waals surface area contributed by atoms with Gasteiger partial charge in [-0.1, -0.05) is 252 Å². The molecule has 0 aliphatic heterocycles. The maximum absolute atomic E-state index is 12.8. The van der Waals surface area contributed by atoms with Gasteiger partial charge in [-0.15, -0.1) is 0 Å². The smallest absolute Gasteiger partial charge is 0.306 e. The van der Waals surface area contributed by atoms with Crippen LogP contribution in [0, 0.1) is 0 Å². The molecule has 75 heavy (non-hydrogen) atoms. The summed E-state index contributed by atoms with van der Waals surface area (Å²) in [5, 5.41) is 0. The van der Waals surface area contributed by atoms with E-state index in [1.807, 2.05) is 21.1 Å². The molecule has 0 radical (unpaired) electrons. The molecule has 0 saturated heterocycles. The van der Waals surface area contributed by atoms with E-state index in [1.165, 1.54) is 109 Å². The number of carbonyl (C=O) groups is 2. The van der Waals surface area contributed by atoms with E-state index in [4.69, 9.17) is 18.5 Å².